The summed E-state index contributed by atoms with van der Waals surface area (Å²) in [5, 5.41) is 11.6. The van der Waals surface area contributed by atoms with Gasteiger partial charge in [-0.15, -0.1) is 0 Å². The summed E-state index contributed by atoms with van der Waals surface area (Å²) >= 11 is 0. The van der Waals surface area contributed by atoms with Gasteiger partial charge in [-0.2, -0.15) is 0 Å². The van der Waals surface area contributed by atoms with E-state index in [1.807, 2.05) is 0 Å². The van der Waals surface area contributed by atoms with Gasteiger partial charge in [0.05, 0.1) is 40.3 Å². The van der Waals surface area contributed by atoms with Crippen molar-refractivity contribution in [2.24, 2.45) is 0 Å². The number of unbranched alkanes of at least 4 members (excludes halogenated alkanes) is 26. The lowest BCUT2D eigenvalue weighted by Crippen LogP contribution is -2.55. The second kappa shape index (κ2) is 44.2. The zero-order chi connectivity index (χ0) is 44.9. The average molecular weight is 860 g/mol. The van der Waals surface area contributed by atoms with Crippen molar-refractivity contribution in [3.05, 3.63) is 36.5 Å². The van der Waals surface area contributed by atoms with Gasteiger partial charge in [0.1, 0.15) is 12.6 Å². The van der Waals surface area contributed by atoms with Crippen LogP contribution in [-0.2, 0) is 28.6 Å². The molecule has 0 rings (SSSR count). The number of carboxylic acids is 1. The summed E-state index contributed by atoms with van der Waals surface area (Å²) in [5.74, 6) is -1.76. The van der Waals surface area contributed by atoms with Crippen LogP contribution in [0.4, 0.5) is 0 Å². The third kappa shape index (κ3) is 42.6. The number of hydrogen-bond acceptors (Lipinski definition) is 7. The second-order valence-corrected chi connectivity index (χ2v) is 18.4. The Morgan fingerprint density at radius 3 is 1.30 bits per heavy atom. The van der Waals surface area contributed by atoms with E-state index in [4.69, 9.17) is 14.2 Å². The maximum Gasteiger partial charge on any atom is 0.306 e. The number of allylic oxidation sites excluding steroid dienone is 6. The van der Waals surface area contributed by atoms with Gasteiger partial charge in [0.25, 0.3) is 0 Å². The normalized spacial score (nSPS) is 13.1. The first-order valence-electron chi connectivity index (χ1n) is 25.5. The van der Waals surface area contributed by atoms with Gasteiger partial charge in [-0.3, -0.25) is 9.59 Å². The number of aliphatic carboxylic acids is 1. The second-order valence-electron chi connectivity index (χ2n) is 18.4. The molecule has 356 valence electrons. The molecule has 0 aromatic carbocycles. The van der Waals surface area contributed by atoms with Crippen LogP contribution in [-0.4, -0.2) is 75.5 Å². The lowest BCUT2D eigenvalue weighted by atomic mass is 10.1. The van der Waals surface area contributed by atoms with Gasteiger partial charge in [0, 0.05) is 19.3 Å². The van der Waals surface area contributed by atoms with Crippen LogP contribution >= 0.6 is 0 Å². The third-order valence-corrected chi connectivity index (χ3v) is 11.5. The molecule has 0 aromatic rings. The SMILES string of the molecule is CCCCCCCCC/C=C/CCCCCC(=O)OC(COCCC(C(=O)[O-])[N+](C)(C)C)COC(=O)CCCCCCCCC/C=C/C/C=C/CCCCCCCCCCC. The van der Waals surface area contributed by atoms with Crippen molar-refractivity contribution >= 4 is 17.9 Å². The average Bonchev–Trinajstić information content (AvgIpc) is 3.22. The van der Waals surface area contributed by atoms with E-state index >= 15 is 0 Å². The van der Waals surface area contributed by atoms with Crippen molar-refractivity contribution in [2.45, 2.75) is 244 Å². The van der Waals surface area contributed by atoms with Crippen LogP contribution in [0.2, 0.25) is 0 Å². The fourth-order valence-corrected chi connectivity index (χ4v) is 7.51. The molecule has 0 spiro atoms. The molecule has 2 atom stereocenters. The van der Waals surface area contributed by atoms with Crippen LogP contribution in [0.3, 0.4) is 0 Å². The van der Waals surface area contributed by atoms with Crippen LogP contribution in [0.25, 0.3) is 0 Å². The minimum Gasteiger partial charge on any atom is -0.544 e. The van der Waals surface area contributed by atoms with Crippen LogP contribution in [0.15, 0.2) is 36.5 Å². The molecular weight excluding hydrogens is 763 g/mol. The highest BCUT2D eigenvalue weighted by molar-refractivity contribution is 5.70. The number of esters is 2. The van der Waals surface area contributed by atoms with Crippen LogP contribution in [0, 0.1) is 0 Å². The van der Waals surface area contributed by atoms with Crippen molar-refractivity contribution in [1.29, 1.82) is 0 Å². The first-order chi connectivity index (χ1) is 29.6. The minimum atomic E-state index is -1.13. The predicted molar refractivity (Wildman–Crippen MR) is 254 cm³/mol. The Morgan fingerprint density at radius 1 is 0.492 bits per heavy atom. The van der Waals surface area contributed by atoms with Gasteiger partial charge in [-0.25, -0.2) is 0 Å². The van der Waals surface area contributed by atoms with Gasteiger partial charge in [-0.05, 0) is 70.6 Å². The Balaban J connectivity index is 4.23. The van der Waals surface area contributed by atoms with E-state index in [-0.39, 0.29) is 42.7 Å². The Hall–Kier alpha value is -2.45. The lowest BCUT2D eigenvalue weighted by molar-refractivity contribution is -0.889. The molecule has 0 saturated heterocycles. The van der Waals surface area contributed by atoms with Gasteiger partial charge in [-0.1, -0.05) is 179 Å². The third-order valence-electron chi connectivity index (χ3n) is 11.5. The quantitative estimate of drug-likeness (QED) is 0.0260. The molecule has 0 saturated carbocycles. The molecule has 0 amide bonds. The molecule has 2 unspecified atom stereocenters. The minimum absolute atomic E-state index is 0.0335. The summed E-state index contributed by atoms with van der Waals surface area (Å²) < 4.78 is 17.2. The van der Waals surface area contributed by atoms with Gasteiger partial charge >= 0.3 is 11.9 Å². The van der Waals surface area contributed by atoms with Gasteiger partial charge in [0.15, 0.2) is 6.10 Å². The molecule has 0 heterocycles. The molecule has 0 bridgehead atoms. The highest BCUT2D eigenvalue weighted by Gasteiger charge is 2.25. The van der Waals surface area contributed by atoms with Crippen LogP contribution in [0.5, 0.6) is 0 Å². The zero-order valence-corrected chi connectivity index (χ0v) is 40.6. The summed E-state index contributed by atoms with van der Waals surface area (Å²) in [6.45, 7) is 4.65. The Labute approximate surface area is 376 Å². The van der Waals surface area contributed by atoms with Crippen LogP contribution < -0.4 is 5.11 Å². The van der Waals surface area contributed by atoms with E-state index in [1.165, 1.54) is 135 Å². The van der Waals surface area contributed by atoms with E-state index in [2.05, 4.69) is 50.3 Å². The summed E-state index contributed by atoms with van der Waals surface area (Å²) in [4.78, 5) is 37.0. The molecule has 0 aliphatic heterocycles. The summed E-state index contributed by atoms with van der Waals surface area (Å²) in [7, 11) is 5.41. The smallest absolute Gasteiger partial charge is 0.306 e. The Morgan fingerprint density at radius 2 is 0.869 bits per heavy atom. The number of carbonyl (C=O) groups excluding carboxylic acids is 3. The number of rotatable bonds is 46. The standard InChI is InChI=1S/C53H97NO7/c1-6-8-10-12-14-16-18-20-22-23-24-25-26-27-28-29-30-32-33-35-37-39-41-43-51(55)60-48-49(47-59-46-45-50(53(57)58)54(3,4)5)61-52(56)44-42-40-38-36-34-31-21-19-17-15-13-11-9-7-2/h24-25,27-28,31,34,49-50H,6-23,26,29-30,32-33,35-48H2,1-5H3/b25-24+,28-27+,34-31+. The molecule has 0 aliphatic rings. The Kier molecular flexibility index (Phi) is 42.4. The molecule has 0 aromatic heterocycles. The fourth-order valence-electron chi connectivity index (χ4n) is 7.51. The predicted octanol–water partition coefficient (Wildman–Crippen LogP) is 13.3. The fraction of sp³-hybridized carbons (Fsp3) is 0.830. The number of carbonyl (C=O) groups is 3. The molecule has 0 aliphatic carbocycles. The largest absolute Gasteiger partial charge is 0.544 e. The molecule has 8 heteroatoms. The molecule has 0 N–H and O–H groups in total. The topological polar surface area (TPSA) is 102 Å². The van der Waals surface area contributed by atoms with Crippen molar-refractivity contribution in [3.63, 3.8) is 0 Å². The number of likely N-dealkylation sites (N-methyl/N-ethyl adjacent to an activating group) is 1. The summed E-state index contributed by atoms with van der Waals surface area (Å²) in [6, 6.07) is -0.729. The van der Waals surface area contributed by atoms with Gasteiger partial charge in [0.2, 0.25) is 0 Å². The van der Waals surface area contributed by atoms with Gasteiger partial charge < -0.3 is 28.6 Å². The number of ether oxygens (including phenoxy) is 3. The number of nitrogens with zero attached hydrogens (tertiary/aromatic N) is 1. The number of quaternary nitrogens is 1. The molecule has 0 radical (unpaired) electrons. The van der Waals surface area contributed by atoms with Crippen molar-refractivity contribution in [1.82, 2.24) is 0 Å². The highest BCUT2D eigenvalue weighted by Crippen LogP contribution is 2.14. The number of carboxylic acid groups (broad SMARTS) is 1. The van der Waals surface area contributed by atoms with Crippen molar-refractivity contribution in [3.8, 4) is 0 Å². The summed E-state index contributed by atoms with van der Waals surface area (Å²) in [6.07, 6.45) is 51.8. The number of hydrogen-bond donors (Lipinski definition) is 0. The monoisotopic (exact) mass is 860 g/mol. The van der Waals surface area contributed by atoms with E-state index < -0.39 is 18.1 Å². The van der Waals surface area contributed by atoms with E-state index in [0.29, 0.717) is 12.8 Å². The first-order valence-corrected chi connectivity index (χ1v) is 25.5. The summed E-state index contributed by atoms with van der Waals surface area (Å²) in [5.41, 5.74) is 0. The molecule has 0 fully saturated rings. The molecular formula is C53H97NO7. The van der Waals surface area contributed by atoms with Crippen molar-refractivity contribution in [2.75, 3.05) is 41.0 Å². The van der Waals surface area contributed by atoms with E-state index in [0.717, 1.165) is 64.2 Å². The van der Waals surface area contributed by atoms with E-state index in [1.54, 1.807) is 21.1 Å². The van der Waals surface area contributed by atoms with Crippen LogP contribution in [0.1, 0.15) is 232 Å². The maximum atomic E-state index is 12.7. The van der Waals surface area contributed by atoms with Crippen molar-refractivity contribution < 1.29 is 38.2 Å². The Bertz CT molecular complexity index is 1090. The lowest BCUT2D eigenvalue weighted by Gasteiger charge is -2.34. The zero-order valence-electron chi connectivity index (χ0n) is 40.6. The van der Waals surface area contributed by atoms with E-state index in [9.17, 15) is 19.5 Å². The molecule has 8 nitrogen and oxygen atoms in total. The molecule has 61 heavy (non-hydrogen) atoms. The highest BCUT2D eigenvalue weighted by atomic mass is 16.6. The maximum absolute atomic E-state index is 12.7. The first kappa shape index (κ1) is 58.6.